The summed E-state index contributed by atoms with van der Waals surface area (Å²) in [5.74, 6) is 1.60. The van der Waals surface area contributed by atoms with E-state index in [0.717, 1.165) is 30.1 Å². The zero-order valence-corrected chi connectivity index (χ0v) is 17.0. The molecule has 0 spiro atoms. The number of nitrogens with one attached hydrogen (secondary N) is 2. The molecule has 1 unspecified atom stereocenters. The zero-order valence-electron chi connectivity index (χ0n) is 16.2. The molecule has 25 heavy (non-hydrogen) atoms. The van der Waals surface area contributed by atoms with Crippen LogP contribution in [0.15, 0.2) is 29.3 Å². The Bertz CT molecular complexity index is 637. The molecule has 0 aliphatic rings. The van der Waals surface area contributed by atoms with Gasteiger partial charge >= 0.3 is 0 Å². The van der Waals surface area contributed by atoms with Crippen molar-refractivity contribution in [3.63, 3.8) is 0 Å². The van der Waals surface area contributed by atoms with Crippen LogP contribution in [0.25, 0.3) is 0 Å². The quantitative estimate of drug-likeness (QED) is 0.520. The summed E-state index contributed by atoms with van der Waals surface area (Å²) >= 11 is 0. The molecule has 0 amide bonds. The van der Waals surface area contributed by atoms with Crippen molar-refractivity contribution in [3.05, 3.63) is 35.4 Å². The molecule has 0 fully saturated rings. The van der Waals surface area contributed by atoms with E-state index in [1.807, 2.05) is 24.3 Å². The van der Waals surface area contributed by atoms with Crippen LogP contribution in [0.3, 0.4) is 0 Å². The third kappa shape index (κ3) is 10.1. The number of benzene rings is 1. The van der Waals surface area contributed by atoms with Crippen LogP contribution in [-0.4, -0.2) is 33.2 Å². The van der Waals surface area contributed by atoms with Crippen LogP contribution < -0.4 is 10.6 Å². The van der Waals surface area contributed by atoms with Gasteiger partial charge in [-0.05, 0) is 43.7 Å². The Hall–Kier alpha value is -1.56. The summed E-state index contributed by atoms with van der Waals surface area (Å²) in [5, 5.41) is 6.72. The van der Waals surface area contributed by atoms with E-state index < -0.39 is 9.84 Å². The summed E-state index contributed by atoms with van der Waals surface area (Å²) in [6.45, 7) is 10.1. The number of guanidine groups is 1. The van der Waals surface area contributed by atoms with Gasteiger partial charge < -0.3 is 10.6 Å². The lowest BCUT2D eigenvalue weighted by molar-refractivity contribution is 0.489. The molecule has 0 aliphatic carbocycles. The average molecular weight is 368 g/mol. The van der Waals surface area contributed by atoms with Crippen LogP contribution in [0.4, 0.5) is 0 Å². The maximum Gasteiger partial charge on any atom is 0.191 e. The highest BCUT2D eigenvalue weighted by Gasteiger charge is 2.07. The van der Waals surface area contributed by atoms with Gasteiger partial charge in [-0.1, -0.05) is 38.1 Å². The highest BCUT2D eigenvalue weighted by molar-refractivity contribution is 7.89. The fourth-order valence-corrected chi connectivity index (χ4v) is 3.22. The Morgan fingerprint density at radius 2 is 1.68 bits per heavy atom. The van der Waals surface area contributed by atoms with E-state index >= 15 is 0 Å². The molecule has 142 valence electrons. The van der Waals surface area contributed by atoms with Crippen molar-refractivity contribution in [1.29, 1.82) is 0 Å². The third-order valence-electron chi connectivity index (χ3n) is 3.78. The molecular weight excluding hydrogens is 334 g/mol. The Kier molecular flexibility index (Phi) is 8.97. The van der Waals surface area contributed by atoms with E-state index in [2.05, 4.69) is 43.3 Å². The van der Waals surface area contributed by atoms with Crippen LogP contribution in [0.5, 0.6) is 0 Å². The van der Waals surface area contributed by atoms with Crippen molar-refractivity contribution in [2.45, 2.75) is 58.9 Å². The molecule has 2 N–H and O–H groups in total. The average Bonchev–Trinajstić information content (AvgIpc) is 2.51. The number of aliphatic imine (C=N–C) groups is 1. The second kappa shape index (κ2) is 10.4. The molecule has 1 aromatic rings. The van der Waals surface area contributed by atoms with Gasteiger partial charge in [0.15, 0.2) is 15.8 Å². The Morgan fingerprint density at radius 3 is 2.20 bits per heavy atom. The van der Waals surface area contributed by atoms with E-state index in [9.17, 15) is 8.42 Å². The smallest absolute Gasteiger partial charge is 0.191 e. The molecule has 5 nitrogen and oxygen atoms in total. The van der Waals surface area contributed by atoms with Gasteiger partial charge in [0.1, 0.15) is 0 Å². The summed E-state index contributed by atoms with van der Waals surface area (Å²) in [7, 11) is -3.00. The van der Waals surface area contributed by atoms with E-state index in [4.69, 9.17) is 0 Å². The monoisotopic (exact) mass is 367 g/mol. The lowest BCUT2D eigenvalue weighted by Gasteiger charge is -2.18. The van der Waals surface area contributed by atoms with Crippen LogP contribution in [-0.2, 0) is 22.1 Å². The maximum atomic E-state index is 11.3. The minimum atomic E-state index is -3.00. The number of hydrogen-bond acceptors (Lipinski definition) is 3. The highest BCUT2D eigenvalue weighted by Crippen LogP contribution is 2.09. The highest BCUT2D eigenvalue weighted by atomic mass is 32.2. The molecule has 0 saturated carbocycles. The molecule has 0 aromatic heterocycles. The number of hydrogen-bond donors (Lipinski definition) is 2. The molecule has 1 atom stereocenters. The lowest BCUT2D eigenvalue weighted by atomic mass is 10.0. The summed E-state index contributed by atoms with van der Waals surface area (Å²) in [5.41, 5.74) is 1.87. The van der Waals surface area contributed by atoms with Gasteiger partial charge in [0.05, 0.1) is 12.3 Å². The first kappa shape index (κ1) is 21.5. The first-order valence-corrected chi connectivity index (χ1v) is 11.1. The number of rotatable bonds is 9. The minimum Gasteiger partial charge on any atom is -0.357 e. The van der Waals surface area contributed by atoms with Crippen molar-refractivity contribution in [1.82, 2.24) is 10.6 Å². The molecule has 0 bridgehead atoms. The van der Waals surface area contributed by atoms with Crippen molar-refractivity contribution >= 4 is 15.8 Å². The Morgan fingerprint density at radius 1 is 1.08 bits per heavy atom. The van der Waals surface area contributed by atoms with Crippen molar-refractivity contribution in [2.75, 3.05) is 12.8 Å². The van der Waals surface area contributed by atoms with Gasteiger partial charge in [-0.3, -0.25) is 0 Å². The van der Waals surface area contributed by atoms with E-state index in [0.29, 0.717) is 18.5 Å². The molecule has 0 radical (unpaired) electrons. The largest absolute Gasteiger partial charge is 0.357 e. The number of nitrogens with zero attached hydrogens (tertiary/aromatic N) is 1. The predicted molar refractivity (Wildman–Crippen MR) is 106 cm³/mol. The van der Waals surface area contributed by atoms with E-state index in [1.165, 1.54) is 12.7 Å². The molecule has 1 aromatic carbocycles. The Labute approximate surface area is 153 Å². The SMILES string of the molecule is CCNC(=NCc1ccc(CS(C)(=O)=O)cc1)NC(C)CCC(C)C. The fourth-order valence-electron chi connectivity index (χ4n) is 2.42. The van der Waals surface area contributed by atoms with Crippen molar-refractivity contribution < 1.29 is 8.42 Å². The van der Waals surface area contributed by atoms with Crippen LogP contribution in [0, 0.1) is 5.92 Å². The summed E-state index contributed by atoms with van der Waals surface area (Å²) < 4.78 is 22.7. The molecule has 0 aliphatic heterocycles. The maximum absolute atomic E-state index is 11.3. The predicted octanol–water partition coefficient (Wildman–Crippen LogP) is 3.11. The van der Waals surface area contributed by atoms with Gasteiger partial charge in [-0.25, -0.2) is 13.4 Å². The zero-order chi connectivity index (χ0) is 18.9. The molecule has 0 saturated heterocycles. The first-order valence-electron chi connectivity index (χ1n) is 9.00. The fraction of sp³-hybridized carbons (Fsp3) is 0.632. The van der Waals surface area contributed by atoms with E-state index in [1.54, 1.807) is 0 Å². The van der Waals surface area contributed by atoms with Crippen LogP contribution in [0.2, 0.25) is 0 Å². The van der Waals surface area contributed by atoms with Crippen molar-refractivity contribution in [3.8, 4) is 0 Å². The first-order chi connectivity index (χ1) is 11.7. The molecular formula is C19H33N3O2S. The second-order valence-electron chi connectivity index (χ2n) is 7.10. The molecule has 0 heterocycles. The third-order valence-corrected chi connectivity index (χ3v) is 4.63. The molecule has 6 heteroatoms. The molecule has 1 rings (SSSR count). The number of sulfone groups is 1. The normalized spacial score (nSPS) is 13.8. The summed E-state index contributed by atoms with van der Waals surface area (Å²) in [6, 6.07) is 7.97. The van der Waals surface area contributed by atoms with Gasteiger partial charge in [-0.15, -0.1) is 0 Å². The lowest BCUT2D eigenvalue weighted by Crippen LogP contribution is -2.42. The van der Waals surface area contributed by atoms with Gasteiger partial charge in [0, 0.05) is 18.8 Å². The van der Waals surface area contributed by atoms with Gasteiger partial charge in [0.2, 0.25) is 0 Å². The van der Waals surface area contributed by atoms with Gasteiger partial charge in [-0.2, -0.15) is 0 Å². The topological polar surface area (TPSA) is 70.6 Å². The minimum absolute atomic E-state index is 0.0775. The van der Waals surface area contributed by atoms with Crippen LogP contribution in [0.1, 0.15) is 51.7 Å². The second-order valence-corrected chi connectivity index (χ2v) is 9.24. The van der Waals surface area contributed by atoms with Crippen molar-refractivity contribution in [2.24, 2.45) is 10.9 Å². The summed E-state index contributed by atoms with van der Waals surface area (Å²) in [4.78, 5) is 4.63. The van der Waals surface area contributed by atoms with E-state index in [-0.39, 0.29) is 5.75 Å². The summed E-state index contributed by atoms with van der Waals surface area (Å²) in [6.07, 6.45) is 3.55. The Balaban J connectivity index is 2.64. The van der Waals surface area contributed by atoms with Gasteiger partial charge in [0.25, 0.3) is 0 Å². The van der Waals surface area contributed by atoms with Crippen LogP contribution >= 0.6 is 0 Å². The standard InChI is InChI=1S/C19H33N3O2S/c1-6-20-19(22-16(4)8-7-15(2)3)21-13-17-9-11-18(12-10-17)14-25(5,23)24/h9-12,15-16H,6-8,13-14H2,1-5H3,(H2,20,21,22).